The summed E-state index contributed by atoms with van der Waals surface area (Å²) in [5.74, 6) is -0.471. The molecule has 1 aliphatic rings. The van der Waals surface area contributed by atoms with Gasteiger partial charge in [0.2, 0.25) is 0 Å². The first-order valence-corrected chi connectivity index (χ1v) is 12.3. The number of carbonyl (C=O) groups is 1. The van der Waals surface area contributed by atoms with Gasteiger partial charge in [0.1, 0.15) is 0 Å². The molecule has 0 spiro atoms. The smallest absolute Gasteiger partial charge is 0.308 e. The van der Waals surface area contributed by atoms with E-state index in [0.717, 1.165) is 26.9 Å². The first kappa shape index (κ1) is 24.3. The lowest BCUT2D eigenvalue weighted by molar-refractivity contribution is -0.128. The zero-order valence-corrected chi connectivity index (χ0v) is 20.1. The van der Waals surface area contributed by atoms with Crippen molar-refractivity contribution < 1.29 is 14.3 Å². The molecule has 1 saturated heterocycles. The van der Waals surface area contributed by atoms with Crippen LogP contribution in [0.2, 0.25) is 0 Å². The van der Waals surface area contributed by atoms with E-state index in [1.807, 2.05) is 42.5 Å². The van der Waals surface area contributed by atoms with E-state index in [-0.39, 0.29) is 17.1 Å². The van der Waals surface area contributed by atoms with Gasteiger partial charge < -0.3 is 15.2 Å². The molecule has 4 rings (SSSR count). The van der Waals surface area contributed by atoms with Crippen molar-refractivity contribution in [1.82, 2.24) is 4.57 Å². The number of fused-ring (bicyclic) bond motifs is 1. The van der Waals surface area contributed by atoms with E-state index < -0.39 is 11.5 Å². The first-order valence-electron chi connectivity index (χ1n) is 11.4. The predicted octanol–water partition coefficient (Wildman–Crippen LogP) is 3.53. The number of thiazole rings is 1. The second-order valence-corrected chi connectivity index (χ2v) is 9.81. The van der Waals surface area contributed by atoms with E-state index in [1.54, 1.807) is 11.7 Å². The standard InChI is InChI=1S/C26H29N3O4S/c1-32-13-10-29-22-16-21(6-7-23(22)34-25(29)31)20-4-2-18(3-5-20)14-19(17-27)15-24(30)26(28)8-11-33-12-9-26/h2-7,16,19H,8-15,28H2,1H3/t19-/m1/s1. The molecule has 0 saturated carbocycles. The van der Waals surface area contributed by atoms with Gasteiger partial charge in [-0.25, -0.2) is 0 Å². The van der Waals surface area contributed by atoms with E-state index in [0.29, 0.717) is 45.6 Å². The van der Waals surface area contributed by atoms with Crippen LogP contribution in [0.1, 0.15) is 24.8 Å². The highest BCUT2D eigenvalue weighted by Gasteiger charge is 2.36. The Kier molecular flexibility index (Phi) is 7.59. The topological polar surface area (TPSA) is 107 Å². The third kappa shape index (κ3) is 5.29. The van der Waals surface area contributed by atoms with Crippen molar-refractivity contribution in [1.29, 1.82) is 5.26 Å². The lowest BCUT2D eigenvalue weighted by atomic mass is 9.81. The molecule has 34 heavy (non-hydrogen) atoms. The number of aromatic nitrogens is 1. The Balaban J connectivity index is 1.47. The van der Waals surface area contributed by atoms with Gasteiger partial charge in [-0.3, -0.25) is 14.2 Å². The van der Waals surface area contributed by atoms with Gasteiger partial charge in [-0.15, -0.1) is 0 Å². The van der Waals surface area contributed by atoms with Gasteiger partial charge in [-0.05, 0) is 48.1 Å². The quantitative estimate of drug-likeness (QED) is 0.503. The number of rotatable bonds is 9. The van der Waals surface area contributed by atoms with Gasteiger partial charge >= 0.3 is 4.87 Å². The van der Waals surface area contributed by atoms with Crippen LogP contribution < -0.4 is 10.6 Å². The average Bonchev–Trinajstić information content (AvgIpc) is 3.17. The van der Waals surface area contributed by atoms with Crippen LogP contribution in [0.5, 0.6) is 0 Å². The second-order valence-electron chi connectivity index (χ2n) is 8.82. The highest BCUT2D eigenvalue weighted by atomic mass is 32.1. The van der Waals surface area contributed by atoms with Gasteiger partial charge in [0, 0.05) is 26.7 Å². The van der Waals surface area contributed by atoms with E-state index in [4.69, 9.17) is 15.2 Å². The van der Waals surface area contributed by atoms with Crippen LogP contribution in [0.3, 0.4) is 0 Å². The summed E-state index contributed by atoms with van der Waals surface area (Å²) in [6, 6.07) is 16.3. The molecule has 1 atom stereocenters. The summed E-state index contributed by atoms with van der Waals surface area (Å²) in [5.41, 5.74) is 9.36. The van der Waals surface area contributed by atoms with E-state index in [1.165, 1.54) is 11.3 Å². The molecule has 0 radical (unpaired) electrons. The molecule has 1 fully saturated rings. The number of hydrogen-bond acceptors (Lipinski definition) is 7. The summed E-state index contributed by atoms with van der Waals surface area (Å²) in [5, 5.41) is 9.64. The van der Waals surface area contributed by atoms with Gasteiger partial charge in [-0.2, -0.15) is 5.26 Å². The molecule has 0 aliphatic carbocycles. The molecule has 2 heterocycles. The molecule has 0 amide bonds. The number of ether oxygens (including phenoxy) is 2. The largest absolute Gasteiger partial charge is 0.383 e. The predicted molar refractivity (Wildman–Crippen MR) is 133 cm³/mol. The van der Waals surface area contributed by atoms with Crippen LogP contribution in [0.4, 0.5) is 0 Å². The molecule has 0 bridgehead atoms. The lowest BCUT2D eigenvalue weighted by Gasteiger charge is -2.32. The first-order chi connectivity index (χ1) is 16.4. The Hall–Kier alpha value is -2.83. The van der Waals surface area contributed by atoms with E-state index in [2.05, 4.69) is 6.07 Å². The molecule has 1 aliphatic heterocycles. The Bertz CT molecular complexity index is 1250. The van der Waals surface area contributed by atoms with Crippen LogP contribution in [-0.4, -0.2) is 42.8 Å². The van der Waals surface area contributed by atoms with Crippen LogP contribution in [0.15, 0.2) is 47.3 Å². The number of ketones is 1. The van der Waals surface area contributed by atoms with Gasteiger partial charge in [0.25, 0.3) is 0 Å². The van der Waals surface area contributed by atoms with Crippen molar-refractivity contribution in [2.24, 2.45) is 11.7 Å². The van der Waals surface area contributed by atoms with Crippen molar-refractivity contribution in [2.75, 3.05) is 26.9 Å². The van der Waals surface area contributed by atoms with Gasteiger partial charge in [0.15, 0.2) is 5.78 Å². The summed E-state index contributed by atoms with van der Waals surface area (Å²) in [6.45, 7) is 1.97. The van der Waals surface area contributed by atoms with Crippen molar-refractivity contribution in [3.05, 3.63) is 57.7 Å². The van der Waals surface area contributed by atoms with Crippen LogP contribution >= 0.6 is 11.3 Å². The van der Waals surface area contributed by atoms with E-state index in [9.17, 15) is 14.9 Å². The summed E-state index contributed by atoms with van der Waals surface area (Å²) in [7, 11) is 1.62. The minimum absolute atomic E-state index is 0.0108. The Morgan fingerprint density at radius 1 is 1.24 bits per heavy atom. The molecule has 2 N–H and O–H groups in total. The maximum Gasteiger partial charge on any atom is 0.308 e. The molecule has 7 nitrogen and oxygen atoms in total. The Morgan fingerprint density at radius 3 is 2.62 bits per heavy atom. The number of carbonyl (C=O) groups excluding carboxylic acids is 1. The van der Waals surface area contributed by atoms with Crippen LogP contribution in [-0.2, 0) is 27.2 Å². The fourth-order valence-electron chi connectivity index (χ4n) is 4.36. The van der Waals surface area contributed by atoms with Gasteiger partial charge in [0.05, 0.1) is 40.9 Å². The molecular weight excluding hydrogens is 450 g/mol. The van der Waals surface area contributed by atoms with Crippen molar-refractivity contribution in [2.45, 2.75) is 37.8 Å². The van der Waals surface area contributed by atoms with E-state index >= 15 is 0 Å². The van der Waals surface area contributed by atoms with Crippen molar-refractivity contribution in [3.8, 4) is 17.2 Å². The van der Waals surface area contributed by atoms with Gasteiger partial charge in [-0.1, -0.05) is 41.7 Å². The fraction of sp³-hybridized carbons (Fsp3) is 0.423. The van der Waals surface area contributed by atoms with Crippen molar-refractivity contribution in [3.63, 3.8) is 0 Å². The van der Waals surface area contributed by atoms with Crippen LogP contribution in [0.25, 0.3) is 21.3 Å². The number of nitrogens with two attached hydrogens (primary N) is 1. The summed E-state index contributed by atoms with van der Waals surface area (Å²) in [6.07, 6.45) is 1.66. The van der Waals surface area contributed by atoms with Crippen molar-refractivity contribution >= 4 is 27.3 Å². The molecule has 3 aromatic rings. The second kappa shape index (κ2) is 10.6. The zero-order valence-electron chi connectivity index (χ0n) is 19.3. The molecular formula is C26H29N3O4S. The molecule has 2 aromatic carbocycles. The minimum Gasteiger partial charge on any atom is -0.383 e. The lowest BCUT2D eigenvalue weighted by Crippen LogP contribution is -2.52. The number of benzene rings is 2. The minimum atomic E-state index is -0.873. The average molecular weight is 480 g/mol. The zero-order chi connectivity index (χ0) is 24.1. The number of hydrogen-bond donors (Lipinski definition) is 1. The number of methoxy groups -OCH3 is 1. The van der Waals surface area contributed by atoms with Crippen LogP contribution in [0, 0.1) is 17.2 Å². The monoisotopic (exact) mass is 479 g/mol. The number of nitriles is 1. The highest BCUT2D eigenvalue weighted by molar-refractivity contribution is 7.16. The molecule has 1 aromatic heterocycles. The Morgan fingerprint density at radius 2 is 1.94 bits per heavy atom. The summed E-state index contributed by atoms with van der Waals surface area (Å²) in [4.78, 5) is 25.1. The third-order valence-electron chi connectivity index (χ3n) is 6.51. The third-order valence-corrected chi connectivity index (χ3v) is 7.47. The SMILES string of the molecule is COCCn1c(=O)sc2ccc(-c3ccc(C[C@@H](C#N)CC(=O)C4(N)CCOCC4)cc3)cc21. The summed E-state index contributed by atoms with van der Waals surface area (Å²) >= 11 is 1.24. The highest BCUT2D eigenvalue weighted by Crippen LogP contribution is 2.28. The summed E-state index contributed by atoms with van der Waals surface area (Å²) < 4.78 is 13.2. The Labute approximate surface area is 202 Å². The number of Topliss-reactive ketones (excluding diaryl/α,β-unsaturated/α-hetero) is 1. The maximum absolute atomic E-state index is 12.8. The molecule has 8 heteroatoms. The normalized spacial score (nSPS) is 16.3. The fourth-order valence-corrected chi connectivity index (χ4v) is 5.26. The molecule has 178 valence electrons. The number of nitrogens with zero attached hydrogens (tertiary/aromatic N) is 2. The maximum atomic E-state index is 12.8. The molecule has 0 unspecified atom stereocenters.